The SMILES string of the molecule is Cc1c(Br)ccc(=O)n1Cc1ccccc1C#N. The number of hydrogen-bond donors (Lipinski definition) is 0. The zero-order valence-corrected chi connectivity index (χ0v) is 11.4. The molecular weight excluding hydrogens is 292 g/mol. The number of aromatic nitrogens is 1. The summed E-state index contributed by atoms with van der Waals surface area (Å²) in [5.74, 6) is 0. The van der Waals surface area contributed by atoms with Crippen molar-refractivity contribution in [1.29, 1.82) is 5.26 Å². The molecule has 0 aliphatic rings. The van der Waals surface area contributed by atoms with Gasteiger partial charge in [-0.05, 0) is 40.5 Å². The molecule has 2 rings (SSSR count). The summed E-state index contributed by atoms with van der Waals surface area (Å²) < 4.78 is 2.54. The molecule has 0 fully saturated rings. The summed E-state index contributed by atoms with van der Waals surface area (Å²) in [5, 5.41) is 9.04. The lowest BCUT2D eigenvalue weighted by Gasteiger charge is -2.11. The molecule has 0 spiro atoms. The van der Waals surface area contributed by atoms with Gasteiger partial charge in [-0.2, -0.15) is 5.26 Å². The number of rotatable bonds is 2. The molecule has 1 aromatic carbocycles. The van der Waals surface area contributed by atoms with E-state index >= 15 is 0 Å². The van der Waals surface area contributed by atoms with Crippen LogP contribution in [0, 0.1) is 18.3 Å². The van der Waals surface area contributed by atoms with Crippen LogP contribution in [0.15, 0.2) is 45.7 Å². The van der Waals surface area contributed by atoms with E-state index in [0.29, 0.717) is 12.1 Å². The van der Waals surface area contributed by atoms with Gasteiger partial charge in [0.1, 0.15) is 0 Å². The van der Waals surface area contributed by atoms with E-state index in [1.165, 1.54) is 6.07 Å². The molecule has 0 saturated heterocycles. The number of nitriles is 1. The third-order valence-corrected chi connectivity index (χ3v) is 3.69. The van der Waals surface area contributed by atoms with Gasteiger partial charge in [0.25, 0.3) is 5.56 Å². The molecule has 0 radical (unpaired) electrons. The highest BCUT2D eigenvalue weighted by molar-refractivity contribution is 9.10. The van der Waals surface area contributed by atoms with E-state index in [1.807, 2.05) is 25.1 Å². The number of halogens is 1. The summed E-state index contributed by atoms with van der Waals surface area (Å²) in [6.45, 7) is 2.29. The highest BCUT2D eigenvalue weighted by Gasteiger charge is 2.07. The van der Waals surface area contributed by atoms with Gasteiger partial charge in [0, 0.05) is 16.2 Å². The summed E-state index contributed by atoms with van der Waals surface area (Å²) in [5.41, 5.74) is 2.24. The van der Waals surface area contributed by atoms with Crippen LogP contribution in [0.5, 0.6) is 0 Å². The molecule has 0 atom stereocenters. The highest BCUT2D eigenvalue weighted by Crippen LogP contribution is 2.15. The summed E-state index contributed by atoms with van der Waals surface area (Å²) in [6.07, 6.45) is 0. The fourth-order valence-corrected chi connectivity index (χ4v) is 2.13. The summed E-state index contributed by atoms with van der Waals surface area (Å²) in [6, 6.07) is 12.7. The monoisotopic (exact) mass is 302 g/mol. The van der Waals surface area contributed by atoms with E-state index in [0.717, 1.165) is 15.7 Å². The minimum Gasteiger partial charge on any atom is -0.307 e. The average molecular weight is 303 g/mol. The molecule has 18 heavy (non-hydrogen) atoms. The number of nitrogens with zero attached hydrogens (tertiary/aromatic N) is 2. The lowest BCUT2D eigenvalue weighted by Crippen LogP contribution is -2.22. The van der Waals surface area contributed by atoms with Crippen molar-refractivity contribution in [3.8, 4) is 6.07 Å². The third-order valence-electron chi connectivity index (χ3n) is 2.86. The molecule has 0 unspecified atom stereocenters. The molecule has 0 bridgehead atoms. The zero-order valence-electron chi connectivity index (χ0n) is 9.85. The van der Waals surface area contributed by atoms with Gasteiger partial charge in [0.2, 0.25) is 0 Å². The fourth-order valence-electron chi connectivity index (χ4n) is 1.78. The van der Waals surface area contributed by atoms with Crippen LogP contribution in [0.1, 0.15) is 16.8 Å². The summed E-state index contributed by atoms with van der Waals surface area (Å²) in [7, 11) is 0. The smallest absolute Gasteiger partial charge is 0.251 e. The van der Waals surface area contributed by atoms with Crippen molar-refractivity contribution in [3.05, 3.63) is 68.0 Å². The van der Waals surface area contributed by atoms with Crippen molar-refractivity contribution in [2.24, 2.45) is 0 Å². The number of hydrogen-bond acceptors (Lipinski definition) is 2. The predicted octanol–water partition coefficient (Wildman–Crippen LogP) is 2.84. The molecule has 4 heteroatoms. The first kappa shape index (κ1) is 12.6. The molecule has 1 aromatic heterocycles. The molecular formula is C14H11BrN2O. The Kier molecular flexibility index (Phi) is 3.63. The van der Waals surface area contributed by atoms with Crippen LogP contribution < -0.4 is 5.56 Å². The van der Waals surface area contributed by atoms with Crippen LogP contribution in [0.3, 0.4) is 0 Å². The molecule has 0 aliphatic carbocycles. The zero-order chi connectivity index (χ0) is 13.1. The van der Waals surface area contributed by atoms with Crippen LogP contribution in [0.25, 0.3) is 0 Å². The van der Waals surface area contributed by atoms with Gasteiger partial charge in [-0.3, -0.25) is 4.79 Å². The maximum atomic E-state index is 11.9. The first-order valence-corrected chi connectivity index (χ1v) is 6.26. The second-order valence-corrected chi connectivity index (χ2v) is 4.81. The van der Waals surface area contributed by atoms with Crippen LogP contribution in [0.4, 0.5) is 0 Å². The van der Waals surface area contributed by atoms with Gasteiger partial charge < -0.3 is 4.57 Å². The fraction of sp³-hybridized carbons (Fsp3) is 0.143. The Morgan fingerprint density at radius 3 is 2.72 bits per heavy atom. The third kappa shape index (κ3) is 2.36. The molecule has 2 aromatic rings. The van der Waals surface area contributed by atoms with Gasteiger partial charge in [0.05, 0.1) is 18.2 Å². The Morgan fingerprint density at radius 1 is 1.28 bits per heavy atom. The van der Waals surface area contributed by atoms with E-state index in [1.54, 1.807) is 16.7 Å². The molecule has 0 N–H and O–H groups in total. The topological polar surface area (TPSA) is 45.8 Å². The highest BCUT2D eigenvalue weighted by atomic mass is 79.9. The van der Waals surface area contributed by atoms with E-state index in [9.17, 15) is 4.79 Å². The molecule has 0 saturated carbocycles. The van der Waals surface area contributed by atoms with Gasteiger partial charge >= 0.3 is 0 Å². The number of benzene rings is 1. The van der Waals surface area contributed by atoms with Crippen LogP contribution in [0.2, 0.25) is 0 Å². The van der Waals surface area contributed by atoms with Crippen molar-refractivity contribution in [1.82, 2.24) is 4.57 Å². The van der Waals surface area contributed by atoms with E-state index in [4.69, 9.17) is 5.26 Å². The largest absolute Gasteiger partial charge is 0.307 e. The molecule has 3 nitrogen and oxygen atoms in total. The van der Waals surface area contributed by atoms with Crippen molar-refractivity contribution >= 4 is 15.9 Å². The first-order chi connectivity index (χ1) is 8.63. The van der Waals surface area contributed by atoms with Gasteiger partial charge in [-0.15, -0.1) is 0 Å². The van der Waals surface area contributed by atoms with Crippen LogP contribution in [-0.2, 0) is 6.54 Å². The second-order valence-electron chi connectivity index (χ2n) is 3.96. The lowest BCUT2D eigenvalue weighted by atomic mass is 10.1. The summed E-state index contributed by atoms with van der Waals surface area (Å²) >= 11 is 3.40. The molecule has 0 amide bonds. The minimum absolute atomic E-state index is 0.0663. The Labute approximate surface area is 113 Å². The van der Waals surface area contributed by atoms with E-state index in [2.05, 4.69) is 22.0 Å². The van der Waals surface area contributed by atoms with E-state index < -0.39 is 0 Å². The normalized spacial score (nSPS) is 10.1. The van der Waals surface area contributed by atoms with Gasteiger partial charge in [0.15, 0.2) is 0 Å². The standard InChI is InChI=1S/C14H11BrN2O/c1-10-13(15)6-7-14(18)17(10)9-12-5-3-2-4-11(12)8-16/h2-7H,9H2,1H3. The summed E-state index contributed by atoms with van der Waals surface area (Å²) in [4.78, 5) is 11.9. The van der Waals surface area contributed by atoms with Crippen molar-refractivity contribution in [3.63, 3.8) is 0 Å². The maximum absolute atomic E-state index is 11.9. The van der Waals surface area contributed by atoms with Gasteiger partial charge in [-0.1, -0.05) is 18.2 Å². The average Bonchev–Trinajstić information content (AvgIpc) is 2.39. The van der Waals surface area contributed by atoms with Crippen LogP contribution in [-0.4, -0.2) is 4.57 Å². The Bertz CT molecular complexity index is 683. The first-order valence-electron chi connectivity index (χ1n) is 5.47. The number of pyridine rings is 1. The lowest BCUT2D eigenvalue weighted by molar-refractivity contribution is 0.724. The Balaban J connectivity index is 2.51. The second kappa shape index (κ2) is 5.19. The van der Waals surface area contributed by atoms with Crippen molar-refractivity contribution in [2.45, 2.75) is 13.5 Å². The Morgan fingerprint density at radius 2 is 2.00 bits per heavy atom. The quantitative estimate of drug-likeness (QED) is 0.856. The Hall–Kier alpha value is -1.86. The molecule has 90 valence electrons. The molecule has 0 aliphatic heterocycles. The van der Waals surface area contributed by atoms with Crippen molar-refractivity contribution < 1.29 is 0 Å². The van der Waals surface area contributed by atoms with E-state index in [-0.39, 0.29) is 5.56 Å². The molecule has 1 heterocycles. The minimum atomic E-state index is -0.0663. The van der Waals surface area contributed by atoms with Crippen LogP contribution >= 0.6 is 15.9 Å². The predicted molar refractivity (Wildman–Crippen MR) is 73.4 cm³/mol. The maximum Gasteiger partial charge on any atom is 0.251 e. The van der Waals surface area contributed by atoms with Gasteiger partial charge in [-0.25, -0.2) is 0 Å². The van der Waals surface area contributed by atoms with Crippen molar-refractivity contribution in [2.75, 3.05) is 0 Å².